The van der Waals surface area contributed by atoms with Crippen molar-refractivity contribution in [3.05, 3.63) is 26.6 Å². The predicted molar refractivity (Wildman–Crippen MR) is 57.5 cm³/mol. The van der Waals surface area contributed by atoms with Crippen LogP contribution in [0.4, 0.5) is 0 Å². The third-order valence-corrected chi connectivity index (χ3v) is 2.75. The van der Waals surface area contributed by atoms with Crippen LogP contribution in [0.3, 0.4) is 0 Å². The summed E-state index contributed by atoms with van der Waals surface area (Å²) < 4.78 is 1.44. The molecule has 1 aromatic carbocycles. The number of phenolic OH excluding ortho intramolecular Hbond substituents is 1. The fraction of sp³-hybridized carbons (Fsp3) is 0.250. The first-order chi connectivity index (χ1) is 6.06. The summed E-state index contributed by atoms with van der Waals surface area (Å²) in [5.41, 5.74) is 6.11. The van der Waals surface area contributed by atoms with E-state index in [4.69, 9.17) is 10.8 Å². The van der Waals surface area contributed by atoms with Gasteiger partial charge in [0.1, 0.15) is 5.75 Å². The SMILES string of the molecule is N[C@H](CO)c1c(O)cc(Br)cc1Br. The van der Waals surface area contributed by atoms with Crippen LogP contribution >= 0.6 is 31.9 Å². The Bertz CT molecular complexity index is 294. The Kier molecular flexibility index (Phi) is 3.73. The first-order valence-electron chi connectivity index (χ1n) is 3.60. The number of phenols is 1. The summed E-state index contributed by atoms with van der Waals surface area (Å²) in [4.78, 5) is 0. The number of rotatable bonds is 2. The molecule has 0 radical (unpaired) electrons. The Hall–Kier alpha value is -0.100. The van der Waals surface area contributed by atoms with Crippen LogP contribution in [0.15, 0.2) is 21.1 Å². The highest BCUT2D eigenvalue weighted by Crippen LogP contribution is 2.33. The number of benzene rings is 1. The molecule has 0 spiro atoms. The number of hydrogen-bond acceptors (Lipinski definition) is 3. The molecule has 0 bridgehead atoms. The fourth-order valence-corrected chi connectivity index (χ4v) is 2.53. The minimum atomic E-state index is -0.567. The molecule has 4 N–H and O–H groups in total. The molecule has 1 rings (SSSR count). The maximum absolute atomic E-state index is 9.52. The van der Waals surface area contributed by atoms with E-state index in [-0.39, 0.29) is 12.4 Å². The summed E-state index contributed by atoms with van der Waals surface area (Å²) in [6.07, 6.45) is 0. The van der Waals surface area contributed by atoms with Crippen molar-refractivity contribution in [1.29, 1.82) is 0 Å². The molecule has 5 heteroatoms. The van der Waals surface area contributed by atoms with Crippen LogP contribution < -0.4 is 5.73 Å². The second kappa shape index (κ2) is 4.41. The van der Waals surface area contributed by atoms with E-state index in [1.54, 1.807) is 6.07 Å². The summed E-state index contributed by atoms with van der Waals surface area (Å²) >= 11 is 6.48. The molecule has 0 aliphatic rings. The van der Waals surface area contributed by atoms with Gasteiger partial charge in [-0.05, 0) is 12.1 Å². The minimum absolute atomic E-state index is 0.0720. The van der Waals surface area contributed by atoms with E-state index in [9.17, 15) is 5.11 Å². The maximum Gasteiger partial charge on any atom is 0.122 e. The molecule has 13 heavy (non-hydrogen) atoms. The molecule has 72 valence electrons. The topological polar surface area (TPSA) is 66.5 Å². The lowest BCUT2D eigenvalue weighted by Crippen LogP contribution is -2.15. The number of hydrogen-bond donors (Lipinski definition) is 3. The average Bonchev–Trinajstić information content (AvgIpc) is 2.02. The minimum Gasteiger partial charge on any atom is -0.508 e. The number of halogens is 2. The highest BCUT2D eigenvalue weighted by Gasteiger charge is 2.14. The largest absolute Gasteiger partial charge is 0.508 e. The zero-order valence-corrected chi connectivity index (χ0v) is 9.84. The Morgan fingerprint density at radius 3 is 2.46 bits per heavy atom. The van der Waals surface area contributed by atoms with Crippen LogP contribution in [0, 0.1) is 0 Å². The Labute approximate surface area is 92.8 Å². The van der Waals surface area contributed by atoms with E-state index in [0.29, 0.717) is 10.0 Å². The summed E-state index contributed by atoms with van der Waals surface area (Å²) in [6, 6.07) is 2.74. The molecule has 3 nitrogen and oxygen atoms in total. The third kappa shape index (κ3) is 2.43. The van der Waals surface area contributed by atoms with Crippen LogP contribution in [0.5, 0.6) is 5.75 Å². The lowest BCUT2D eigenvalue weighted by atomic mass is 10.1. The van der Waals surface area contributed by atoms with Gasteiger partial charge in [0.15, 0.2) is 0 Å². The van der Waals surface area contributed by atoms with Crippen molar-refractivity contribution >= 4 is 31.9 Å². The van der Waals surface area contributed by atoms with E-state index in [0.717, 1.165) is 4.47 Å². The van der Waals surface area contributed by atoms with Crippen molar-refractivity contribution in [3.63, 3.8) is 0 Å². The van der Waals surface area contributed by atoms with Crippen molar-refractivity contribution < 1.29 is 10.2 Å². The molecular weight excluding hydrogens is 302 g/mol. The Morgan fingerprint density at radius 1 is 1.38 bits per heavy atom. The molecule has 0 aromatic heterocycles. The normalized spacial score (nSPS) is 12.9. The van der Waals surface area contributed by atoms with Crippen molar-refractivity contribution in [3.8, 4) is 5.75 Å². The van der Waals surface area contributed by atoms with Crippen molar-refractivity contribution in [1.82, 2.24) is 0 Å². The lowest BCUT2D eigenvalue weighted by Gasteiger charge is -2.13. The summed E-state index contributed by atoms with van der Waals surface area (Å²) in [7, 11) is 0. The van der Waals surface area contributed by atoms with Gasteiger partial charge in [0.2, 0.25) is 0 Å². The number of aliphatic hydroxyl groups excluding tert-OH is 1. The van der Waals surface area contributed by atoms with Crippen LogP contribution in [0.1, 0.15) is 11.6 Å². The molecule has 0 heterocycles. The highest BCUT2D eigenvalue weighted by molar-refractivity contribution is 9.11. The summed E-state index contributed by atoms with van der Waals surface area (Å²) in [6.45, 7) is -0.201. The van der Waals surface area contributed by atoms with Gasteiger partial charge >= 0.3 is 0 Å². The zero-order valence-electron chi connectivity index (χ0n) is 6.67. The molecule has 0 aliphatic carbocycles. The molecule has 0 saturated heterocycles. The molecule has 0 amide bonds. The Balaban J connectivity index is 3.20. The van der Waals surface area contributed by atoms with Gasteiger partial charge in [0, 0.05) is 14.5 Å². The predicted octanol–water partition coefficient (Wildman–Crippen LogP) is 1.91. The van der Waals surface area contributed by atoms with E-state index < -0.39 is 6.04 Å². The fourth-order valence-electron chi connectivity index (χ4n) is 1.03. The van der Waals surface area contributed by atoms with Gasteiger partial charge < -0.3 is 15.9 Å². The second-order valence-corrected chi connectivity index (χ2v) is 4.38. The van der Waals surface area contributed by atoms with Crippen LogP contribution in [-0.4, -0.2) is 16.8 Å². The first-order valence-corrected chi connectivity index (χ1v) is 5.19. The molecule has 0 unspecified atom stereocenters. The molecule has 1 atom stereocenters. The van der Waals surface area contributed by atoms with Crippen LogP contribution in [0.25, 0.3) is 0 Å². The average molecular weight is 311 g/mol. The van der Waals surface area contributed by atoms with E-state index in [2.05, 4.69) is 31.9 Å². The van der Waals surface area contributed by atoms with Gasteiger partial charge in [-0.2, -0.15) is 0 Å². The van der Waals surface area contributed by atoms with Crippen LogP contribution in [0.2, 0.25) is 0 Å². The van der Waals surface area contributed by atoms with E-state index >= 15 is 0 Å². The summed E-state index contributed by atoms with van der Waals surface area (Å²) in [5, 5.41) is 18.4. The van der Waals surface area contributed by atoms with Gasteiger partial charge in [-0.25, -0.2) is 0 Å². The first kappa shape index (κ1) is 11.0. The second-order valence-electron chi connectivity index (χ2n) is 2.61. The van der Waals surface area contributed by atoms with E-state index in [1.807, 2.05) is 0 Å². The van der Waals surface area contributed by atoms with Crippen molar-refractivity contribution in [2.24, 2.45) is 5.73 Å². The number of aliphatic hydroxyl groups is 1. The monoisotopic (exact) mass is 309 g/mol. The smallest absolute Gasteiger partial charge is 0.122 e. The zero-order chi connectivity index (χ0) is 10.0. The van der Waals surface area contributed by atoms with Crippen molar-refractivity contribution in [2.45, 2.75) is 6.04 Å². The van der Waals surface area contributed by atoms with Crippen LogP contribution in [-0.2, 0) is 0 Å². The molecule has 1 aromatic rings. The Morgan fingerprint density at radius 2 is 2.00 bits per heavy atom. The van der Waals surface area contributed by atoms with Gasteiger partial charge in [0.05, 0.1) is 12.6 Å². The number of nitrogens with two attached hydrogens (primary N) is 1. The maximum atomic E-state index is 9.52. The van der Waals surface area contributed by atoms with E-state index in [1.165, 1.54) is 6.07 Å². The molecule has 0 saturated carbocycles. The molecular formula is C8H9Br2NO2. The standard InChI is InChI=1S/C8H9Br2NO2/c9-4-1-5(10)8(6(11)3-12)7(13)2-4/h1-2,6,12-13H,3,11H2/t6-/m1/s1. The summed E-state index contributed by atoms with van der Waals surface area (Å²) in [5.74, 6) is 0.0720. The molecule has 0 aliphatic heterocycles. The van der Waals surface area contributed by atoms with Crippen molar-refractivity contribution in [2.75, 3.05) is 6.61 Å². The van der Waals surface area contributed by atoms with Gasteiger partial charge in [-0.1, -0.05) is 31.9 Å². The molecule has 0 fully saturated rings. The van der Waals surface area contributed by atoms with Gasteiger partial charge in [-0.15, -0.1) is 0 Å². The van der Waals surface area contributed by atoms with Gasteiger partial charge in [-0.3, -0.25) is 0 Å². The quantitative estimate of drug-likeness (QED) is 0.782. The number of aromatic hydroxyl groups is 1. The lowest BCUT2D eigenvalue weighted by molar-refractivity contribution is 0.265. The third-order valence-electron chi connectivity index (χ3n) is 1.64. The van der Waals surface area contributed by atoms with Gasteiger partial charge in [0.25, 0.3) is 0 Å². The highest BCUT2D eigenvalue weighted by atomic mass is 79.9.